The molecule has 0 bridgehead atoms. The van der Waals surface area contributed by atoms with Gasteiger partial charge in [0, 0.05) is 0 Å². The third-order valence-corrected chi connectivity index (χ3v) is 2.55. The fourth-order valence-electron chi connectivity index (χ4n) is 1.48. The molecule has 0 aromatic heterocycles. The second-order valence-corrected chi connectivity index (χ2v) is 4.22. The first-order valence-electron chi connectivity index (χ1n) is 5.51. The summed E-state index contributed by atoms with van der Waals surface area (Å²) in [5.41, 5.74) is -1.74. The average molecular weight is 220 g/mol. The Hall–Kier alpha value is -0.640. The summed E-state index contributed by atoms with van der Waals surface area (Å²) >= 11 is 0. The van der Waals surface area contributed by atoms with Crippen molar-refractivity contribution in [1.29, 1.82) is 0 Å². The van der Waals surface area contributed by atoms with Gasteiger partial charge in [0.05, 0.1) is 0 Å². The molecule has 0 radical (unpaired) electrons. The van der Waals surface area contributed by atoms with Crippen molar-refractivity contribution < 1.29 is 19.4 Å². The molecule has 0 fully saturated rings. The molecular formula is C11H21FO3. The monoisotopic (exact) mass is 220 g/mol. The highest BCUT2D eigenvalue weighted by Crippen LogP contribution is 2.21. The third kappa shape index (κ3) is 5.72. The van der Waals surface area contributed by atoms with Crippen molar-refractivity contribution in [1.82, 2.24) is 0 Å². The summed E-state index contributed by atoms with van der Waals surface area (Å²) in [4.78, 5) is 10.3. The Morgan fingerprint density at radius 3 is 2.33 bits per heavy atom. The van der Waals surface area contributed by atoms with Crippen LogP contribution in [0.5, 0.6) is 0 Å². The van der Waals surface area contributed by atoms with Crippen molar-refractivity contribution in [3.8, 4) is 0 Å². The lowest BCUT2D eigenvalue weighted by molar-refractivity contribution is -0.153. The molecule has 0 aliphatic rings. The van der Waals surface area contributed by atoms with E-state index in [1.807, 2.05) is 0 Å². The van der Waals surface area contributed by atoms with E-state index < -0.39 is 17.7 Å². The highest BCUT2D eigenvalue weighted by Gasteiger charge is 2.37. The second kappa shape index (κ2) is 6.77. The fraction of sp³-hybridized carbons (Fsp3) is 0.909. The third-order valence-electron chi connectivity index (χ3n) is 2.55. The van der Waals surface area contributed by atoms with Gasteiger partial charge in [-0.2, -0.15) is 0 Å². The predicted octanol–water partition coefficient (Wildman–Crippen LogP) is 2.52. The highest BCUT2D eigenvalue weighted by molar-refractivity contribution is 5.73. The molecule has 0 aromatic carbocycles. The van der Waals surface area contributed by atoms with E-state index in [4.69, 9.17) is 5.11 Å². The van der Waals surface area contributed by atoms with Crippen LogP contribution in [0.25, 0.3) is 0 Å². The van der Waals surface area contributed by atoms with E-state index >= 15 is 0 Å². The van der Waals surface area contributed by atoms with E-state index in [2.05, 4.69) is 6.92 Å². The number of hydrogen-bond acceptors (Lipinski definition) is 2. The number of unbranched alkanes of at least 4 members (excludes halogenated alkanes) is 4. The van der Waals surface area contributed by atoms with E-state index in [0.717, 1.165) is 25.7 Å². The van der Waals surface area contributed by atoms with Gasteiger partial charge < -0.3 is 10.2 Å². The summed E-state index contributed by atoms with van der Waals surface area (Å²) < 4.78 is 13.0. The Morgan fingerprint density at radius 1 is 1.33 bits per heavy atom. The van der Waals surface area contributed by atoms with Crippen molar-refractivity contribution in [2.45, 2.75) is 64.1 Å². The van der Waals surface area contributed by atoms with Gasteiger partial charge in [0.15, 0.2) is 0 Å². The van der Waals surface area contributed by atoms with Crippen molar-refractivity contribution in [3.63, 3.8) is 0 Å². The number of aliphatic hydroxyl groups is 1. The van der Waals surface area contributed by atoms with Crippen LogP contribution in [0, 0.1) is 0 Å². The average Bonchev–Trinajstić information content (AvgIpc) is 2.16. The standard InChI is InChI=1S/C11H21FO3/c1-3-4-5-6-7-8-11(2,15)9(12)10(13)14/h9,15H,3-8H2,1-2H3,(H,13,14). The number of hydrogen-bond donors (Lipinski definition) is 2. The maximum absolute atomic E-state index is 13.0. The van der Waals surface area contributed by atoms with Crippen molar-refractivity contribution in [2.75, 3.05) is 0 Å². The molecule has 0 aromatic rings. The van der Waals surface area contributed by atoms with Crippen LogP contribution in [0.1, 0.15) is 52.4 Å². The number of carbonyl (C=O) groups is 1. The minimum atomic E-state index is -2.19. The number of alkyl halides is 1. The van der Waals surface area contributed by atoms with Gasteiger partial charge in [0.1, 0.15) is 5.60 Å². The van der Waals surface area contributed by atoms with E-state index in [-0.39, 0.29) is 6.42 Å². The first-order valence-corrected chi connectivity index (χ1v) is 5.51. The molecule has 90 valence electrons. The van der Waals surface area contributed by atoms with Crippen LogP contribution in [-0.2, 0) is 4.79 Å². The Balaban J connectivity index is 3.78. The zero-order chi connectivity index (χ0) is 11.9. The first kappa shape index (κ1) is 14.4. The summed E-state index contributed by atoms with van der Waals surface area (Å²) in [5, 5.41) is 18.0. The van der Waals surface area contributed by atoms with Gasteiger partial charge in [-0.1, -0.05) is 39.0 Å². The van der Waals surface area contributed by atoms with E-state index in [1.165, 1.54) is 6.92 Å². The first-order chi connectivity index (χ1) is 6.91. The summed E-state index contributed by atoms with van der Waals surface area (Å²) in [5.74, 6) is -1.59. The van der Waals surface area contributed by atoms with Gasteiger partial charge >= 0.3 is 5.97 Å². The van der Waals surface area contributed by atoms with Crippen molar-refractivity contribution >= 4 is 5.97 Å². The summed E-state index contributed by atoms with van der Waals surface area (Å²) in [6, 6.07) is 0. The predicted molar refractivity (Wildman–Crippen MR) is 56.5 cm³/mol. The normalized spacial score (nSPS) is 17.1. The lowest BCUT2D eigenvalue weighted by Crippen LogP contribution is -2.41. The zero-order valence-electron chi connectivity index (χ0n) is 9.50. The molecule has 3 nitrogen and oxygen atoms in total. The number of rotatable bonds is 8. The fourth-order valence-corrected chi connectivity index (χ4v) is 1.48. The lowest BCUT2D eigenvalue weighted by atomic mass is 9.93. The molecule has 0 rings (SSSR count). The Labute approximate surface area is 90.3 Å². The Bertz CT molecular complexity index is 192. The molecule has 0 aliphatic heterocycles. The van der Waals surface area contributed by atoms with E-state index in [1.54, 1.807) is 0 Å². The smallest absolute Gasteiger partial charge is 0.341 e. The number of carboxylic acid groups (broad SMARTS) is 1. The molecule has 4 heteroatoms. The molecule has 0 spiro atoms. The molecule has 0 saturated heterocycles. The highest BCUT2D eigenvalue weighted by atomic mass is 19.1. The van der Waals surface area contributed by atoms with E-state index in [9.17, 15) is 14.3 Å². The molecule has 0 heterocycles. The molecule has 2 atom stereocenters. The van der Waals surface area contributed by atoms with Gasteiger partial charge in [0.2, 0.25) is 6.17 Å². The minimum absolute atomic E-state index is 0.199. The van der Waals surface area contributed by atoms with Gasteiger partial charge in [-0.3, -0.25) is 0 Å². The SMILES string of the molecule is CCCCCCCC(C)(O)C(F)C(=O)O. The van der Waals surface area contributed by atoms with Gasteiger partial charge in [-0.25, -0.2) is 9.18 Å². The molecule has 2 unspecified atom stereocenters. The summed E-state index contributed by atoms with van der Waals surface area (Å²) in [6.07, 6.45) is 2.89. The Morgan fingerprint density at radius 2 is 1.87 bits per heavy atom. The number of aliphatic carboxylic acids is 1. The minimum Gasteiger partial charge on any atom is -0.479 e. The van der Waals surface area contributed by atoms with Crippen molar-refractivity contribution in [3.05, 3.63) is 0 Å². The topological polar surface area (TPSA) is 57.5 Å². The van der Waals surface area contributed by atoms with Gasteiger partial charge in [-0.05, 0) is 13.3 Å². The van der Waals surface area contributed by atoms with E-state index in [0.29, 0.717) is 6.42 Å². The van der Waals surface area contributed by atoms with Crippen LogP contribution in [0.4, 0.5) is 4.39 Å². The largest absolute Gasteiger partial charge is 0.479 e. The lowest BCUT2D eigenvalue weighted by Gasteiger charge is -2.24. The molecule has 0 amide bonds. The van der Waals surface area contributed by atoms with Crippen LogP contribution in [0.15, 0.2) is 0 Å². The van der Waals surface area contributed by atoms with Crippen LogP contribution in [0.2, 0.25) is 0 Å². The van der Waals surface area contributed by atoms with Crippen LogP contribution >= 0.6 is 0 Å². The molecule has 0 aliphatic carbocycles. The maximum atomic E-state index is 13.0. The number of carboxylic acids is 1. The summed E-state index contributed by atoms with van der Waals surface area (Å²) in [7, 11) is 0. The van der Waals surface area contributed by atoms with Crippen LogP contribution in [-0.4, -0.2) is 28.0 Å². The van der Waals surface area contributed by atoms with Crippen molar-refractivity contribution in [2.24, 2.45) is 0 Å². The zero-order valence-corrected chi connectivity index (χ0v) is 9.50. The van der Waals surface area contributed by atoms with Crippen LogP contribution < -0.4 is 0 Å². The molecule has 2 N–H and O–H groups in total. The van der Waals surface area contributed by atoms with Gasteiger partial charge in [-0.15, -0.1) is 0 Å². The summed E-state index contributed by atoms with van der Waals surface area (Å²) in [6.45, 7) is 3.34. The van der Waals surface area contributed by atoms with Crippen LogP contribution in [0.3, 0.4) is 0 Å². The quantitative estimate of drug-likeness (QED) is 0.618. The second-order valence-electron chi connectivity index (χ2n) is 4.22. The Kier molecular flexibility index (Phi) is 6.48. The van der Waals surface area contributed by atoms with Gasteiger partial charge in [0.25, 0.3) is 0 Å². The molecular weight excluding hydrogens is 199 g/mol. The number of halogens is 1. The maximum Gasteiger partial charge on any atom is 0.341 e. The molecule has 0 saturated carbocycles. The molecule has 15 heavy (non-hydrogen) atoms.